The number of hydrogen-bond acceptors (Lipinski definition) is 4. The summed E-state index contributed by atoms with van der Waals surface area (Å²) in [6, 6.07) is 25.0. The number of anilines is 2. The van der Waals surface area contributed by atoms with Gasteiger partial charge in [0.25, 0.3) is 11.8 Å². The van der Waals surface area contributed by atoms with Crippen molar-refractivity contribution >= 4 is 35.6 Å². The molecule has 6 nitrogen and oxygen atoms in total. The fourth-order valence-corrected chi connectivity index (χ4v) is 3.22. The number of pyridine rings is 1. The summed E-state index contributed by atoms with van der Waals surface area (Å²) in [4.78, 5) is 29.6. The molecule has 0 unspecified atom stereocenters. The van der Waals surface area contributed by atoms with Crippen molar-refractivity contribution in [1.29, 1.82) is 0 Å². The fraction of sp³-hybridized carbons (Fsp3) is 0.0385. The second kappa shape index (κ2) is 10.9. The minimum absolute atomic E-state index is 0. The van der Waals surface area contributed by atoms with Crippen LogP contribution in [0.1, 0.15) is 20.7 Å². The molecule has 3 aromatic carbocycles. The molecule has 33 heavy (non-hydrogen) atoms. The number of hydrogen-bond donors (Lipinski definition) is 2. The predicted octanol–water partition coefficient (Wildman–Crippen LogP) is 5.68. The SMILES string of the molecule is COc1ccc(NC(=O)c2ccccc2NC(=O)c2ccc(-c3ccncc3)cc2)cc1.Cl. The lowest BCUT2D eigenvalue weighted by molar-refractivity contribution is 0.102. The van der Waals surface area contributed by atoms with Gasteiger partial charge in [-0.3, -0.25) is 14.6 Å². The Morgan fingerprint density at radius 1 is 0.727 bits per heavy atom. The fourth-order valence-electron chi connectivity index (χ4n) is 3.22. The van der Waals surface area contributed by atoms with Crippen LogP contribution in [-0.2, 0) is 0 Å². The molecule has 0 aliphatic rings. The number of nitrogens with zero attached hydrogens (tertiary/aromatic N) is 1. The number of ether oxygens (including phenoxy) is 1. The van der Waals surface area contributed by atoms with E-state index in [0.717, 1.165) is 11.1 Å². The summed E-state index contributed by atoms with van der Waals surface area (Å²) in [6.45, 7) is 0. The molecule has 2 N–H and O–H groups in total. The maximum Gasteiger partial charge on any atom is 0.257 e. The molecule has 2 amide bonds. The van der Waals surface area contributed by atoms with E-state index in [1.807, 2.05) is 24.3 Å². The lowest BCUT2D eigenvalue weighted by Crippen LogP contribution is -2.18. The van der Waals surface area contributed by atoms with Crippen molar-refractivity contribution in [1.82, 2.24) is 4.98 Å². The molecule has 0 fully saturated rings. The molecular weight excluding hydrogens is 438 g/mol. The highest BCUT2D eigenvalue weighted by molar-refractivity contribution is 6.12. The van der Waals surface area contributed by atoms with E-state index in [1.54, 1.807) is 80.2 Å². The maximum absolute atomic E-state index is 12.8. The Bertz CT molecular complexity index is 1230. The van der Waals surface area contributed by atoms with Crippen LogP contribution < -0.4 is 15.4 Å². The Morgan fingerprint density at radius 2 is 1.36 bits per heavy atom. The van der Waals surface area contributed by atoms with Crippen LogP contribution in [0.25, 0.3) is 11.1 Å². The quantitative estimate of drug-likeness (QED) is 0.388. The summed E-state index contributed by atoms with van der Waals surface area (Å²) in [5, 5.41) is 5.68. The maximum atomic E-state index is 12.8. The summed E-state index contributed by atoms with van der Waals surface area (Å²) in [7, 11) is 1.58. The van der Waals surface area contributed by atoms with Crippen LogP contribution in [0.3, 0.4) is 0 Å². The normalized spacial score (nSPS) is 9.97. The molecule has 166 valence electrons. The zero-order valence-electron chi connectivity index (χ0n) is 17.8. The van der Waals surface area contributed by atoms with Crippen LogP contribution in [0, 0.1) is 0 Å². The highest BCUT2D eigenvalue weighted by Crippen LogP contribution is 2.22. The Labute approximate surface area is 198 Å². The van der Waals surface area contributed by atoms with Crippen molar-refractivity contribution in [2.45, 2.75) is 0 Å². The van der Waals surface area contributed by atoms with Crippen molar-refractivity contribution in [2.24, 2.45) is 0 Å². The van der Waals surface area contributed by atoms with Gasteiger partial charge in [-0.25, -0.2) is 0 Å². The topological polar surface area (TPSA) is 80.3 Å². The number of halogens is 1. The molecule has 4 aromatic rings. The summed E-state index contributed by atoms with van der Waals surface area (Å²) in [6.07, 6.45) is 3.45. The first-order valence-electron chi connectivity index (χ1n) is 10.0. The molecular formula is C26H22ClN3O3. The average Bonchev–Trinajstić information content (AvgIpc) is 2.85. The molecule has 7 heteroatoms. The molecule has 0 spiro atoms. The highest BCUT2D eigenvalue weighted by Gasteiger charge is 2.14. The lowest BCUT2D eigenvalue weighted by Gasteiger charge is -2.12. The van der Waals surface area contributed by atoms with Crippen molar-refractivity contribution in [3.8, 4) is 16.9 Å². The monoisotopic (exact) mass is 459 g/mol. The number of carbonyl (C=O) groups excluding carboxylic acids is 2. The van der Waals surface area contributed by atoms with Crippen molar-refractivity contribution in [2.75, 3.05) is 17.7 Å². The molecule has 0 saturated heterocycles. The second-order valence-corrected chi connectivity index (χ2v) is 7.00. The first-order valence-corrected chi connectivity index (χ1v) is 10.0. The van der Waals surface area contributed by atoms with Crippen LogP contribution in [0.5, 0.6) is 5.75 Å². The number of benzene rings is 3. The van der Waals surface area contributed by atoms with Gasteiger partial charge in [-0.15, -0.1) is 12.4 Å². The van der Waals surface area contributed by atoms with E-state index in [4.69, 9.17) is 4.74 Å². The Kier molecular flexibility index (Phi) is 7.78. The molecule has 0 radical (unpaired) electrons. The molecule has 1 aromatic heterocycles. The number of aromatic nitrogens is 1. The molecule has 0 atom stereocenters. The van der Waals surface area contributed by atoms with Crippen LogP contribution in [0.2, 0.25) is 0 Å². The van der Waals surface area contributed by atoms with E-state index in [-0.39, 0.29) is 24.2 Å². The van der Waals surface area contributed by atoms with Gasteiger partial charge in [-0.05, 0) is 71.8 Å². The number of rotatable bonds is 6. The first-order chi connectivity index (χ1) is 15.6. The third-order valence-electron chi connectivity index (χ3n) is 4.93. The minimum atomic E-state index is -0.320. The van der Waals surface area contributed by atoms with E-state index in [9.17, 15) is 9.59 Å². The summed E-state index contributed by atoms with van der Waals surface area (Å²) >= 11 is 0. The summed E-state index contributed by atoms with van der Waals surface area (Å²) < 4.78 is 5.13. The van der Waals surface area contributed by atoms with Crippen molar-refractivity contribution < 1.29 is 14.3 Å². The Morgan fingerprint density at radius 3 is 2.03 bits per heavy atom. The second-order valence-electron chi connectivity index (χ2n) is 7.00. The predicted molar refractivity (Wildman–Crippen MR) is 132 cm³/mol. The minimum Gasteiger partial charge on any atom is -0.497 e. The lowest BCUT2D eigenvalue weighted by atomic mass is 10.0. The van der Waals surface area contributed by atoms with E-state index in [1.165, 1.54) is 0 Å². The molecule has 0 aliphatic heterocycles. The van der Waals surface area contributed by atoms with Gasteiger partial charge in [0.15, 0.2) is 0 Å². The first kappa shape index (κ1) is 23.5. The van der Waals surface area contributed by atoms with Gasteiger partial charge in [0.05, 0.1) is 18.4 Å². The van der Waals surface area contributed by atoms with E-state index < -0.39 is 0 Å². The smallest absolute Gasteiger partial charge is 0.257 e. The van der Waals surface area contributed by atoms with Gasteiger partial charge < -0.3 is 15.4 Å². The number of nitrogens with one attached hydrogen (secondary N) is 2. The van der Waals surface area contributed by atoms with Gasteiger partial charge >= 0.3 is 0 Å². The van der Waals surface area contributed by atoms with Crippen LogP contribution in [0.4, 0.5) is 11.4 Å². The standard InChI is InChI=1S/C26H21N3O3.ClH/c1-32-22-12-10-21(11-13-22)28-26(31)23-4-2-3-5-24(23)29-25(30)20-8-6-18(7-9-20)19-14-16-27-17-15-19;/h2-17H,1H3,(H,28,31)(H,29,30);1H. The summed E-state index contributed by atoms with van der Waals surface area (Å²) in [5.74, 6) is 0.0840. The molecule has 1 heterocycles. The average molecular weight is 460 g/mol. The van der Waals surface area contributed by atoms with Gasteiger partial charge in [0.1, 0.15) is 5.75 Å². The molecule has 4 rings (SSSR count). The van der Waals surface area contributed by atoms with Crippen molar-refractivity contribution in [3.63, 3.8) is 0 Å². The number of methoxy groups -OCH3 is 1. The van der Waals surface area contributed by atoms with E-state index in [0.29, 0.717) is 28.3 Å². The van der Waals surface area contributed by atoms with Crippen LogP contribution in [-0.4, -0.2) is 23.9 Å². The summed E-state index contributed by atoms with van der Waals surface area (Å²) in [5.41, 5.74) is 3.93. The highest BCUT2D eigenvalue weighted by atomic mass is 35.5. The Hall–Kier alpha value is -4.16. The zero-order chi connectivity index (χ0) is 22.3. The van der Waals surface area contributed by atoms with Gasteiger partial charge in [-0.1, -0.05) is 24.3 Å². The van der Waals surface area contributed by atoms with Crippen LogP contribution in [0.15, 0.2) is 97.3 Å². The molecule has 0 saturated carbocycles. The van der Waals surface area contributed by atoms with Gasteiger partial charge in [-0.2, -0.15) is 0 Å². The molecule has 0 aliphatic carbocycles. The zero-order valence-corrected chi connectivity index (χ0v) is 18.6. The van der Waals surface area contributed by atoms with E-state index >= 15 is 0 Å². The van der Waals surface area contributed by atoms with E-state index in [2.05, 4.69) is 15.6 Å². The number of para-hydroxylation sites is 1. The third-order valence-corrected chi connectivity index (χ3v) is 4.93. The number of carbonyl (C=O) groups is 2. The number of amides is 2. The van der Waals surface area contributed by atoms with Crippen LogP contribution >= 0.6 is 12.4 Å². The van der Waals surface area contributed by atoms with Crippen molar-refractivity contribution in [3.05, 3.63) is 108 Å². The molecule has 0 bridgehead atoms. The van der Waals surface area contributed by atoms with Gasteiger partial charge in [0.2, 0.25) is 0 Å². The van der Waals surface area contributed by atoms with Gasteiger partial charge in [0, 0.05) is 23.6 Å². The Balaban J connectivity index is 0.00000306. The largest absolute Gasteiger partial charge is 0.497 e. The third kappa shape index (κ3) is 5.75.